The summed E-state index contributed by atoms with van der Waals surface area (Å²) in [5.74, 6) is -0.449. The average molecular weight is 352 g/mol. The summed E-state index contributed by atoms with van der Waals surface area (Å²) in [4.78, 5) is 14.4. The van der Waals surface area contributed by atoms with Crippen LogP contribution < -0.4 is 5.32 Å². The van der Waals surface area contributed by atoms with Crippen molar-refractivity contribution in [1.29, 1.82) is 0 Å². The fourth-order valence-electron chi connectivity index (χ4n) is 2.79. The van der Waals surface area contributed by atoms with Crippen LogP contribution in [0.15, 0.2) is 67.0 Å². The first-order chi connectivity index (χ1) is 12.5. The second-order valence-corrected chi connectivity index (χ2v) is 6.24. The maximum absolute atomic E-state index is 13.5. The van der Waals surface area contributed by atoms with E-state index in [1.54, 1.807) is 29.1 Å². The molecule has 1 amide bonds. The minimum absolute atomic E-state index is 0.113. The smallest absolute Gasteiger partial charge is 0.251 e. The van der Waals surface area contributed by atoms with Gasteiger partial charge >= 0.3 is 0 Å². The summed E-state index contributed by atoms with van der Waals surface area (Å²) in [5.41, 5.74) is 2.28. The van der Waals surface area contributed by atoms with Crippen molar-refractivity contribution in [3.05, 3.63) is 83.9 Å². The van der Waals surface area contributed by atoms with Gasteiger partial charge in [0.2, 0.25) is 0 Å². The summed E-state index contributed by atoms with van der Waals surface area (Å²) in [6.07, 6.45) is 3.55. The predicted octanol–water partition coefficient (Wildman–Crippen LogP) is 3.04. The molecule has 0 fully saturated rings. The number of amides is 1. The standard InChI is InChI=1S/C20H21FN4O/c1-24(2)19(16-5-3-6-17(21)13-16)14-22-20(26)15-7-9-18(10-8-15)25-12-4-11-23-25/h3-13,19H,14H2,1-2H3,(H,22,26). The first kappa shape index (κ1) is 17.8. The number of carbonyl (C=O) groups excluding carboxylic acids is 1. The largest absolute Gasteiger partial charge is 0.350 e. The monoisotopic (exact) mass is 352 g/mol. The highest BCUT2D eigenvalue weighted by Gasteiger charge is 2.16. The van der Waals surface area contributed by atoms with Crippen molar-refractivity contribution in [1.82, 2.24) is 20.0 Å². The van der Waals surface area contributed by atoms with Gasteiger partial charge in [0.15, 0.2) is 0 Å². The summed E-state index contributed by atoms with van der Waals surface area (Å²) in [5, 5.41) is 7.09. The Balaban J connectivity index is 1.67. The normalized spacial score (nSPS) is 12.2. The molecule has 2 aromatic carbocycles. The van der Waals surface area contributed by atoms with Crippen molar-refractivity contribution < 1.29 is 9.18 Å². The minimum Gasteiger partial charge on any atom is -0.350 e. The molecule has 0 spiro atoms. The molecule has 0 radical (unpaired) electrons. The number of carbonyl (C=O) groups is 1. The Kier molecular flexibility index (Phi) is 5.43. The maximum Gasteiger partial charge on any atom is 0.251 e. The Bertz CT molecular complexity index is 860. The first-order valence-electron chi connectivity index (χ1n) is 8.35. The number of hydrogen-bond acceptors (Lipinski definition) is 3. The topological polar surface area (TPSA) is 50.2 Å². The van der Waals surface area contributed by atoms with Gasteiger partial charge < -0.3 is 10.2 Å². The van der Waals surface area contributed by atoms with Crippen LogP contribution in [0.4, 0.5) is 4.39 Å². The van der Waals surface area contributed by atoms with Crippen LogP contribution in [-0.2, 0) is 0 Å². The molecule has 1 N–H and O–H groups in total. The van der Waals surface area contributed by atoms with E-state index in [9.17, 15) is 9.18 Å². The van der Waals surface area contributed by atoms with Crippen LogP contribution >= 0.6 is 0 Å². The molecule has 6 heteroatoms. The molecule has 1 heterocycles. The summed E-state index contributed by atoms with van der Waals surface area (Å²) in [6, 6.07) is 15.4. The van der Waals surface area contributed by atoms with E-state index in [2.05, 4.69) is 10.4 Å². The summed E-state index contributed by atoms with van der Waals surface area (Å²) in [7, 11) is 3.81. The number of rotatable bonds is 6. The van der Waals surface area contributed by atoms with Gasteiger partial charge in [-0.2, -0.15) is 5.10 Å². The van der Waals surface area contributed by atoms with E-state index < -0.39 is 0 Å². The summed E-state index contributed by atoms with van der Waals surface area (Å²) < 4.78 is 15.2. The third-order valence-corrected chi connectivity index (χ3v) is 4.21. The first-order valence-corrected chi connectivity index (χ1v) is 8.35. The lowest BCUT2D eigenvalue weighted by Crippen LogP contribution is -2.34. The molecule has 3 rings (SSSR count). The number of likely N-dealkylation sites (N-methyl/N-ethyl adjacent to an activating group) is 1. The maximum atomic E-state index is 13.5. The van der Waals surface area contributed by atoms with Gasteiger partial charge in [-0.05, 0) is 62.1 Å². The molecule has 0 saturated carbocycles. The summed E-state index contributed by atoms with van der Waals surface area (Å²) in [6.45, 7) is 0.385. The average Bonchev–Trinajstić information content (AvgIpc) is 3.16. The molecule has 1 atom stereocenters. The van der Waals surface area contributed by atoms with Crippen LogP contribution in [0.1, 0.15) is 22.0 Å². The van der Waals surface area contributed by atoms with Crippen LogP contribution in [0.5, 0.6) is 0 Å². The molecule has 1 unspecified atom stereocenters. The fourth-order valence-corrected chi connectivity index (χ4v) is 2.79. The van der Waals surface area contributed by atoms with Crippen LogP contribution in [0.25, 0.3) is 5.69 Å². The van der Waals surface area contributed by atoms with Gasteiger partial charge in [-0.1, -0.05) is 12.1 Å². The van der Waals surface area contributed by atoms with E-state index in [4.69, 9.17) is 0 Å². The van der Waals surface area contributed by atoms with Gasteiger partial charge in [0.05, 0.1) is 11.7 Å². The van der Waals surface area contributed by atoms with E-state index in [1.807, 2.05) is 49.5 Å². The number of nitrogens with one attached hydrogen (secondary N) is 1. The molecule has 26 heavy (non-hydrogen) atoms. The van der Waals surface area contributed by atoms with Crippen molar-refractivity contribution in [2.45, 2.75) is 6.04 Å². The molecular formula is C20H21FN4O. The van der Waals surface area contributed by atoms with E-state index in [0.717, 1.165) is 11.3 Å². The second kappa shape index (κ2) is 7.93. The zero-order chi connectivity index (χ0) is 18.5. The highest BCUT2D eigenvalue weighted by molar-refractivity contribution is 5.94. The van der Waals surface area contributed by atoms with Crippen molar-refractivity contribution in [3.8, 4) is 5.69 Å². The number of hydrogen-bond donors (Lipinski definition) is 1. The molecule has 1 aromatic heterocycles. The Labute approximate surface area is 152 Å². The lowest BCUT2D eigenvalue weighted by Gasteiger charge is -2.25. The number of halogens is 1. The van der Waals surface area contributed by atoms with Crippen LogP contribution in [0, 0.1) is 5.82 Å². The van der Waals surface area contributed by atoms with Gasteiger partial charge in [-0.3, -0.25) is 4.79 Å². The third-order valence-electron chi connectivity index (χ3n) is 4.21. The fraction of sp³-hybridized carbons (Fsp3) is 0.200. The lowest BCUT2D eigenvalue weighted by molar-refractivity contribution is 0.0942. The molecule has 0 aliphatic heterocycles. The third kappa shape index (κ3) is 4.15. The number of benzene rings is 2. The van der Waals surface area contributed by atoms with Crippen molar-refractivity contribution in [2.24, 2.45) is 0 Å². The van der Waals surface area contributed by atoms with E-state index in [1.165, 1.54) is 12.1 Å². The van der Waals surface area contributed by atoms with Gasteiger partial charge in [0, 0.05) is 24.5 Å². The van der Waals surface area contributed by atoms with Crippen LogP contribution in [0.3, 0.4) is 0 Å². The van der Waals surface area contributed by atoms with E-state index in [-0.39, 0.29) is 17.8 Å². The Morgan fingerprint density at radius 1 is 1.19 bits per heavy atom. The number of nitrogens with zero attached hydrogens (tertiary/aromatic N) is 3. The van der Waals surface area contributed by atoms with E-state index in [0.29, 0.717) is 12.1 Å². The molecule has 0 aliphatic carbocycles. The molecule has 0 bridgehead atoms. The Morgan fingerprint density at radius 3 is 2.58 bits per heavy atom. The van der Waals surface area contributed by atoms with Gasteiger partial charge in [-0.15, -0.1) is 0 Å². The van der Waals surface area contributed by atoms with Gasteiger partial charge in [0.25, 0.3) is 5.91 Å². The zero-order valence-corrected chi connectivity index (χ0v) is 14.8. The highest BCUT2D eigenvalue weighted by atomic mass is 19.1. The molecule has 0 saturated heterocycles. The second-order valence-electron chi connectivity index (χ2n) is 6.24. The Hall–Kier alpha value is -2.99. The van der Waals surface area contributed by atoms with Gasteiger partial charge in [-0.25, -0.2) is 9.07 Å². The lowest BCUT2D eigenvalue weighted by atomic mass is 10.1. The molecular weight excluding hydrogens is 331 g/mol. The van der Waals surface area contributed by atoms with Crippen molar-refractivity contribution in [3.63, 3.8) is 0 Å². The van der Waals surface area contributed by atoms with Crippen molar-refractivity contribution in [2.75, 3.05) is 20.6 Å². The zero-order valence-electron chi connectivity index (χ0n) is 14.8. The molecule has 0 aliphatic rings. The molecule has 134 valence electrons. The SMILES string of the molecule is CN(C)C(CNC(=O)c1ccc(-n2cccn2)cc1)c1cccc(F)c1. The molecule has 3 aromatic rings. The van der Waals surface area contributed by atoms with Crippen LogP contribution in [-0.4, -0.2) is 41.2 Å². The van der Waals surface area contributed by atoms with E-state index >= 15 is 0 Å². The Morgan fingerprint density at radius 2 is 1.96 bits per heavy atom. The van der Waals surface area contributed by atoms with Crippen molar-refractivity contribution >= 4 is 5.91 Å². The van der Waals surface area contributed by atoms with Gasteiger partial charge in [0.1, 0.15) is 5.82 Å². The van der Waals surface area contributed by atoms with Crippen LogP contribution in [0.2, 0.25) is 0 Å². The minimum atomic E-state index is -0.283. The highest BCUT2D eigenvalue weighted by Crippen LogP contribution is 2.18. The molecule has 5 nitrogen and oxygen atoms in total. The summed E-state index contributed by atoms with van der Waals surface area (Å²) >= 11 is 0. The predicted molar refractivity (Wildman–Crippen MR) is 98.7 cm³/mol. The quantitative estimate of drug-likeness (QED) is 0.742. The number of aromatic nitrogens is 2.